The normalized spacial score (nSPS) is 19.0. The van der Waals surface area contributed by atoms with Crippen LogP contribution in [0.4, 0.5) is 5.69 Å². The maximum atomic E-state index is 13.4. The first-order chi connectivity index (χ1) is 16.4. The fourth-order valence-corrected chi connectivity index (χ4v) is 4.11. The van der Waals surface area contributed by atoms with E-state index < -0.39 is 54.0 Å². The molecule has 194 valence electrons. The molecule has 1 aliphatic heterocycles. The predicted octanol–water partition coefficient (Wildman–Crippen LogP) is -0.389. The number of likely N-dealkylation sites (tertiary alicyclic amines) is 1. The van der Waals surface area contributed by atoms with E-state index in [2.05, 4.69) is 10.6 Å². The average Bonchev–Trinajstić information content (AvgIpc) is 3.27. The van der Waals surface area contributed by atoms with Gasteiger partial charge in [-0.05, 0) is 56.2 Å². The maximum absolute atomic E-state index is 13.4. The number of rotatable bonds is 11. The van der Waals surface area contributed by atoms with Crippen molar-refractivity contribution in [1.29, 1.82) is 0 Å². The van der Waals surface area contributed by atoms with E-state index in [-0.39, 0.29) is 12.3 Å². The Balaban J connectivity index is 2.11. The van der Waals surface area contributed by atoms with Gasteiger partial charge in [-0.2, -0.15) is 0 Å². The van der Waals surface area contributed by atoms with Gasteiger partial charge in [0, 0.05) is 12.2 Å². The SMILES string of the molecule is CC(C)C[C@H](NC(=O)[C@@H](N)Cc1ccc(N)cc1)C(=O)N1CCC[C@H]1C(=O)N[C@H](C(=O)O)[C@@H](C)O. The molecule has 5 atom stereocenters. The zero-order valence-electron chi connectivity index (χ0n) is 20.4. The molecule has 1 aliphatic rings. The van der Waals surface area contributed by atoms with Gasteiger partial charge < -0.3 is 37.2 Å². The number of amides is 3. The molecule has 0 spiro atoms. The van der Waals surface area contributed by atoms with Crippen LogP contribution < -0.4 is 22.1 Å². The summed E-state index contributed by atoms with van der Waals surface area (Å²) in [6.07, 6.45) is 0.199. The zero-order valence-corrected chi connectivity index (χ0v) is 20.4. The Morgan fingerprint density at radius 3 is 2.29 bits per heavy atom. The van der Waals surface area contributed by atoms with Crippen LogP contribution in [-0.4, -0.2) is 75.6 Å². The number of nitrogens with zero attached hydrogens (tertiary/aromatic N) is 1. The summed E-state index contributed by atoms with van der Waals surface area (Å²) in [6.45, 7) is 5.38. The van der Waals surface area contributed by atoms with Crippen LogP contribution >= 0.6 is 0 Å². The third kappa shape index (κ3) is 7.93. The van der Waals surface area contributed by atoms with Gasteiger partial charge in [0.15, 0.2) is 6.04 Å². The third-order valence-electron chi connectivity index (χ3n) is 5.98. The molecule has 0 saturated carbocycles. The van der Waals surface area contributed by atoms with E-state index in [9.17, 15) is 29.4 Å². The molecular weight excluding hydrogens is 454 g/mol. The Hall–Kier alpha value is -3.18. The minimum absolute atomic E-state index is 0.0686. The van der Waals surface area contributed by atoms with Crippen molar-refractivity contribution in [2.24, 2.45) is 11.7 Å². The van der Waals surface area contributed by atoms with E-state index in [1.54, 1.807) is 24.3 Å². The molecule has 0 radical (unpaired) electrons. The van der Waals surface area contributed by atoms with Crippen molar-refractivity contribution in [3.63, 3.8) is 0 Å². The Labute approximate surface area is 205 Å². The predicted molar refractivity (Wildman–Crippen MR) is 130 cm³/mol. The average molecular weight is 492 g/mol. The number of nitrogen functional groups attached to an aromatic ring is 1. The molecule has 0 aliphatic carbocycles. The van der Waals surface area contributed by atoms with E-state index in [1.807, 2.05) is 13.8 Å². The summed E-state index contributed by atoms with van der Waals surface area (Å²) in [5.74, 6) is -2.86. The lowest BCUT2D eigenvalue weighted by Crippen LogP contribution is -2.58. The smallest absolute Gasteiger partial charge is 0.328 e. The lowest BCUT2D eigenvalue weighted by Gasteiger charge is -2.31. The molecule has 35 heavy (non-hydrogen) atoms. The van der Waals surface area contributed by atoms with Gasteiger partial charge in [-0.3, -0.25) is 14.4 Å². The Morgan fingerprint density at radius 2 is 1.74 bits per heavy atom. The highest BCUT2D eigenvalue weighted by atomic mass is 16.4. The molecule has 1 heterocycles. The summed E-state index contributed by atoms with van der Waals surface area (Å²) in [5, 5.41) is 24.0. The van der Waals surface area contributed by atoms with Crippen molar-refractivity contribution in [3.05, 3.63) is 29.8 Å². The van der Waals surface area contributed by atoms with Crippen LogP contribution in [0, 0.1) is 5.92 Å². The summed E-state index contributed by atoms with van der Waals surface area (Å²) in [4.78, 5) is 51.8. The number of carboxylic acid groups (broad SMARTS) is 1. The highest BCUT2D eigenvalue weighted by Gasteiger charge is 2.39. The topological polar surface area (TPSA) is 188 Å². The maximum Gasteiger partial charge on any atom is 0.328 e. The second-order valence-electron chi connectivity index (χ2n) is 9.50. The number of aliphatic carboxylic acids is 1. The van der Waals surface area contributed by atoms with E-state index in [4.69, 9.17) is 11.5 Å². The number of carbonyl (C=O) groups excluding carboxylic acids is 3. The summed E-state index contributed by atoms with van der Waals surface area (Å²) >= 11 is 0. The minimum Gasteiger partial charge on any atom is -0.480 e. The summed E-state index contributed by atoms with van der Waals surface area (Å²) in [7, 11) is 0. The van der Waals surface area contributed by atoms with Crippen molar-refractivity contribution in [2.75, 3.05) is 12.3 Å². The van der Waals surface area contributed by atoms with Gasteiger partial charge in [0.1, 0.15) is 12.1 Å². The third-order valence-corrected chi connectivity index (χ3v) is 5.98. The van der Waals surface area contributed by atoms with Crippen LogP contribution in [0.15, 0.2) is 24.3 Å². The number of carboxylic acids is 1. The lowest BCUT2D eigenvalue weighted by molar-refractivity contribution is -0.147. The Morgan fingerprint density at radius 1 is 1.11 bits per heavy atom. The number of carbonyl (C=O) groups is 4. The molecule has 2 rings (SSSR count). The van der Waals surface area contributed by atoms with Crippen LogP contribution in [0.3, 0.4) is 0 Å². The molecule has 1 aromatic carbocycles. The van der Waals surface area contributed by atoms with Gasteiger partial charge in [-0.25, -0.2) is 4.79 Å². The first-order valence-electron chi connectivity index (χ1n) is 11.8. The second-order valence-corrected chi connectivity index (χ2v) is 9.50. The number of hydrogen-bond acceptors (Lipinski definition) is 7. The van der Waals surface area contributed by atoms with E-state index >= 15 is 0 Å². The molecule has 3 amide bonds. The minimum atomic E-state index is -1.49. The van der Waals surface area contributed by atoms with E-state index in [1.165, 1.54) is 11.8 Å². The number of aliphatic hydroxyl groups is 1. The van der Waals surface area contributed by atoms with E-state index in [0.29, 0.717) is 31.5 Å². The van der Waals surface area contributed by atoms with E-state index in [0.717, 1.165) is 5.56 Å². The van der Waals surface area contributed by atoms with Gasteiger partial charge in [-0.1, -0.05) is 26.0 Å². The number of nitrogens with two attached hydrogens (primary N) is 2. The second kappa shape index (κ2) is 12.5. The monoisotopic (exact) mass is 491 g/mol. The number of anilines is 1. The van der Waals surface area contributed by atoms with Crippen molar-refractivity contribution in [3.8, 4) is 0 Å². The summed E-state index contributed by atoms with van der Waals surface area (Å²) in [6, 6.07) is 2.85. The molecule has 8 N–H and O–H groups in total. The standard InChI is InChI=1S/C24H37N5O6/c1-13(2)11-18(27-21(31)17(26)12-15-6-8-16(25)9-7-15)23(33)29-10-4-5-19(29)22(32)28-20(14(3)30)24(34)35/h6-9,13-14,17-20,30H,4-5,10-12,25-26H2,1-3H3,(H,27,31)(H,28,32)(H,34,35)/t14-,17+,18+,19+,20+/m1/s1. The van der Waals surface area contributed by atoms with Crippen molar-refractivity contribution in [2.45, 2.75) is 76.7 Å². The van der Waals surface area contributed by atoms with Crippen LogP contribution in [-0.2, 0) is 25.6 Å². The van der Waals surface area contributed by atoms with Crippen molar-refractivity contribution in [1.82, 2.24) is 15.5 Å². The summed E-state index contributed by atoms with van der Waals surface area (Å²) < 4.78 is 0. The Bertz CT molecular complexity index is 904. The Kier molecular flexibility index (Phi) is 10.0. The van der Waals surface area contributed by atoms with Crippen molar-refractivity contribution >= 4 is 29.4 Å². The molecule has 1 fully saturated rings. The van der Waals surface area contributed by atoms with Crippen molar-refractivity contribution < 1.29 is 29.4 Å². The fourth-order valence-electron chi connectivity index (χ4n) is 4.11. The molecule has 1 saturated heterocycles. The molecule has 0 aromatic heterocycles. The number of nitrogens with one attached hydrogen (secondary N) is 2. The highest BCUT2D eigenvalue weighted by Crippen LogP contribution is 2.21. The molecule has 11 heteroatoms. The molecular formula is C24H37N5O6. The fraction of sp³-hybridized carbons (Fsp3) is 0.583. The molecule has 0 bridgehead atoms. The zero-order chi connectivity index (χ0) is 26.3. The molecule has 11 nitrogen and oxygen atoms in total. The van der Waals surface area contributed by atoms with Gasteiger partial charge in [-0.15, -0.1) is 0 Å². The van der Waals surface area contributed by atoms with Gasteiger partial charge in [0.2, 0.25) is 17.7 Å². The van der Waals surface area contributed by atoms with Crippen LogP contribution in [0.1, 0.15) is 45.6 Å². The number of hydrogen-bond donors (Lipinski definition) is 6. The first kappa shape index (κ1) is 28.1. The highest BCUT2D eigenvalue weighted by molar-refractivity contribution is 5.94. The number of benzene rings is 1. The first-order valence-corrected chi connectivity index (χ1v) is 11.8. The van der Waals surface area contributed by atoms with Crippen LogP contribution in [0.5, 0.6) is 0 Å². The molecule has 1 aromatic rings. The van der Waals surface area contributed by atoms with Crippen LogP contribution in [0.2, 0.25) is 0 Å². The van der Waals surface area contributed by atoms with Crippen LogP contribution in [0.25, 0.3) is 0 Å². The largest absolute Gasteiger partial charge is 0.480 e. The summed E-state index contributed by atoms with van der Waals surface area (Å²) in [5.41, 5.74) is 13.2. The number of aliphatic hydroxyl groups excluding tert-OH is 1. The van der Waals surface area contributed by atoms with Gasteiger partial charge in [0.25, 0.3) is 0 Å². The van der Waals surface area contributed by atoms with Gasteiger partial charge >= 0.3 is 5.97 Å². The molecule has 0 unspecified atom stereocenters. The quantitative estimate of drug-likeness (QED) is 0.226. The lowest BCUT2D eigenvalue weighted by atomic mass is 10.0. The van der Waals surface area contributed by atoms with Gasteiger partial charge in [0.05, 0.1) is 12.1 Å².